The normalized spacial score (nSPS) is 24.3. The van der Waals surface area contributed by atoms with Crippen LogP contribution in [0.1, 0.15) is 79.4 Å². The summed E-state index contributed by atoms with van der Waals surface area (Å²) in [7, 11) is -2.02. The quantitative estimate of drug-likeness (QED) is 0.356. The molecule has 0 bridgehead atoms. The van der Waals surface area contributed by atoms with Crippen LogP contribution in [0.25, 0.3) is 0 Å². The Morgan fingerprint density at radius 3 is 1.60 bits per heavy atom. The van der Waals surface area contributed by atoms with Crippen LogP contribution in [0.5, 0.6) is 0 Å². The van der Waals surface area contributed by atoms with E-state index in [1.807, 2.05) is 3.88 Å². The van der Waals surface area contributed by atoms with Gasteiger partial charge in [0.05, 0.1) is 0 Å². The zero-order valence-corrected chi connectivity index (χ0v) is 24.9. The van der Waals surface area contributed by atoms with Crippen molar-refractivity contribution in [2.45, 2.75) is 114 Å². The van der Waals surface area contributed by atoms with E-state index in [0.717, 1.165) is 11.1 Å². The third kappa shape index (κ3) is 3.71. The zero-order valence-electron chi connectivity index (χ0n) is 22.3. The van der Waals surface area contributed by atoms with Gasteiger partial charge >= 0.3 is 194 Å². The summed E-state index contributed by atoms with van der Waals surface area (Å²) in [6, 6.07) is 7.54. The van der Waals surface area contributed by atoms with E-state index in [9.17, 15) is 0 Å². The summed E-state index contributed by atoms with van der Waals surface area (Å²) in [6.45, 7) is 24.8. The van der Waals surface area contributed by atoms with Crippen LogP contribution < -0.4 is 5.19 Å². The van der Waals surface area contributed by atoms with Gasteiger partial charge in [0, 0.05) is 0 Å². The molecule has 0 heterocycles. The molecule has 0 amide bonds. The van der Waals surface area contributed by atoms with Gasteiger partial charge in [-0.2, -0.15) is 0 Å². The molecule has 0 N–H and O–H groups in total. The van der Waals surface area contributed by atoms with Crippen LogP contribution in [0.2, 0.25) is 31.8 Å². The monoisotopic (exact) mass is 460 g/mol. The molecule has 0 nitrogen and oxygen atoms in total. The Morgan fingerprint density at radius 1 is 0.800 bits per heavy atom. The number of aryl methyl sites for hydroxylation is 2. The van der Waals surface area contributed by atoms with Crippen molar-refractivity contribution in [2.24, 2.45) is 0 Å². The first-order valence-electron chi connectivity index (χ1n) is 12.2. The van der Waals surface area contributed by atoms with Gasteiger partial charge in [-0.25, -0.2) is 0 Å². The minimum absolute atomic E-state index is 0.227. The Kier molecular flexibility index (Phi) is 7.66. The van der Waals surface area contributed by atoms with E-state index in [1.54, 1.807) is 21.9 Å². The van der Waals surface area contributed by atoms with Gasteiger partial charge in [-0.1, -0.05) is 0 Å². The number of rotatable bonds is 7. The van der Waals surface area contributed by atoms with Crippen LogP contribution in [0.4, 0.5) is 0 Å². The van der Waals surface area contributed by atoms with Gasteiger partial charge in [0.15, 0.2) is 0 Å². The third-order valence-corrected chi connectivity index (χ3v) is 20.4. The summed E-state index contributed by atoms with van der Waals surface area (Å²) in [4.78, 5) is 0. The van der Waals surface area contributed by atoms with Crippen molar-refractivity contribution in [1.82, 2.24) is 0 Å². The van der Waals surface area contributed by atoms with Gasteiger partial charge in [-0.05, 0) is 0 Å². The predicted octanol–water partition coefficient (Wildman–Crippen LogP) is 9.24. The first-order chi connectivity index (χ1) is 13.7. The summed E-state index contributed by atoms with van der Waals surface area (Å²) in [5.74, 6) is 0. The number of allylic oxidation sites excluding steroid dienone is 4. The molecular weight excluding hydrogens is 412 g/mol. The average Bonchev–Trinajstić information content (AvgIpc) is 2.81. The fourth-order valence-corrected chi connectivity index (χ4v) is 22.9. The van der Waals surface area contributed by atoms with Gasteiger partial charge in [-0.15, -0.1) is 0 Å². The zero-order chi connectivity index (χ0) is 23.2. The molecule has 0 aliphatic heterocycles. The van der Waals surface area contributed by atoms with Crippen molar-refractivity contribution >= 4 is 13.3 Å². The van der Waals surface area contributed by atoms with Crippen molar-refractivity contribution in [3.05, 3.63) is 49.9 Å². The van der Waals surface area contributed by atoms with Crippen LogP contribution in [-0.4, -0.2) is 8.07 Å². The van der Waals surface area contributed by atoms with Gasteiger partial charge in [0.25, 0.3) is 0 Å². The SMILES string of the molecule is CCC(C)[Si](c1cc(C)cc(C)c1)(C(C)CC)C1(C)C(C)=C(C)C(C)=[C]1[Ti]([CH3])([CH3])[CH3]. The van der Waals surface area contributed by atoms with Gasteiger partial charge in [-0.3, -0.25) is 0 Å². The third-order valence-electron chi connectivity index (χ3n) is 8.81. The molecule has 30 heavy (non-hydrogen) atoms. The molecule has 168 valence electrons. The van der Waals surface area contributed by atoms with Gasteiger partial charge in [0.2, 0.25) is 0 Å². The molecule has 1 aliphatic rings. The molecule has 0 fully saturated rings. The average molecular weight is 461 g/mol. The van der Waals surface area contributed by atoms with Gasteiger partial charge in [0.1, 0.15) is 0 Å². The summed E-state index contributed by atoms with van der Waals surface area (Å²) < 4.78 is 1.91. The Morgan fingerprint density at radius 2 is 1.23 bits per heavy atom. The molecule has 0 saturated heterocycles. The van der Waals surface area contributed by atoms with E-state index in [-0.39, 0.29) is 5.04 Å². The van der Waals surface area contributed by atoms with E-state index >= 15 is 0 Å². The van der Waals surface area contributed by atoms with Crippen molar-refractivity contribution in [3.8, 4) is 0 Å². The second-order valence-electron chi connectivity index (χ2n) is 11.5. The van der Waals surface area contributed by atoms with Crippen LogP contribution in [-0.2, 0) is 16.6 Å². The Balaban J connectivity index is 3.13. The Labute approximate surface area is 193 Å². The van der Waals surface area contributed by atoms with E-state index in [0.29, 0.717) is 0 Å². The molecule has 0 saturated carbocycles. The fraction of sp³-hybridized carbons (Fsp3) is 0.643. The Bertz CT molecular complexity index is 837. The first-order valence-corrected chi connectivity index (χ1v) is 19.8. The summed E-state index contributed by atoms with van der Waals surface area (Å²) >= 11 is -2.11. The minimum atomic E-state index is -2.11. The van der Waals surface area contributed by atoms with E-state index in [4.69, 9.17) is 0 Å². The van der Waals surface area contributed by atoms with E-state index in [1.165, 1.54) is 24.0 Å². The predicted molar refractivity (Wildman–Crippen MR) is 138 cm³/mol. The van der Waals surface area contributed by atoms with Crippen LogP contribution in [0.3, 0.4) is 0 Å². The molecule has 1 aromatic rings. The van der Waals surface area contributed by atoms with Crippen molar-refractivity contribution in [3.63, 3.8) is 0 Å². The topological polar surface area (TPSA) is 0 Å². The first kappa shape index (κ1) is 25.9. The molecule has 3 unspecified atom stereocenters. The summed E-state index contributed by atoms with van der Waals surface area (Å²) in [5, 5.41) is 9.85. The second-order valence-corrected chi connectivity index (χ2v) is 24.6. The number of hydrogen-bond acceptors (Lipinski definition) is 0. The van der Waals surface area contributed by atoms with Crippen LogP contribution in [0.15, 0.2) is 38.8 Å². The van der Waals surface area contributed by atoms with Crippen LogP contribution in [0, 0.1) is 13.8 Å². The van der Waals surface area contributed by atoms with Crippen molar-refractivity contribution in [1.29, 1.82) is 0 Å². The standard InChI is InChI=1S/C25H39Si.3CH3.Ti/c1-11-20(6)26(21(7)12-2,24-14-17(3)13-18(4)15-24)25(10)16-19(5)22(8)23(25)9;;;;/h13-15,20-21H,11-12H2,1-10H3;3*1H3;. The summed E-state index contributed by atoms with van der Waals surface area (Å²) in [6.07, 6.45) is 2.55. The molecule has 0 aromatic heterocycles. The molecule has 3 atom stereocenters. The second kappa shape index (κ2) is 8.87. The number of hydrogen-bond donors (Lipinski definition) is 0. The molecular formula is C28H48SiTi. The van der Waals surface area contributed by atoms with E-state index < -0.39 is 24.7 Å². The number of benzene rings is 1. The molecule has 0 spiro atoms. The van der Waals surface area contributed by atoms with Crippen LogP contribution >= 0.6 is 0 Å². The molecule has 2 rings (SSSR count). The van der Waals surface area contributed by atoms with Crippen molar-refractivity contribution < 1.29 is 16.6 Å². The molecule has 2 heteroatoms. The van der Waals surface area contributed by atoms with E-state index in [2.05, 4.69) is 103 Å². The van der Waals surface area contributed by atoms with Gasteiger partial charge < -0.3 is 0 Å². The molecule has 1 aliphatic carbocycles. The molecule has 1 aromatic carbocycles. The summed E-state index contributed by atoms with van der Waals surface area (Å²) in [5.41, 5.74) is 9.30. The fourth-order valence-electron chi connectivity index (χ4n) is 7.42. The maximum atomic E-state index is 2.70. The molecule has 0 radical (unpaired) electrons. The van der Waals surface area contributed by atoms with Crippen molar-refractivity contribution in [2.75, 3.05) is 0 Å². The Hall–Kier alpha value is -0.369. The maximum absolute atomic E-state index is 2.70.